The third-order valence-corrected chi connectivity index (χ3v) is 2.96. The highest BCUT2D eigenvalue weighted by Crippen LogP contribution is 2.21. The molecule has 0 aromatic carbocycles. The summed E-state index contributed by atoms with van der Waals surface area (Å²) in [5, 5.41) is 3.45. The first-order chi connectivity index (χ1) is 9.54. The van der Waals surface area contributed by atoms with Crippen molar-refractivity contribution in [2.45, 2.75) is 41.2 Å². The van der Waals surface area contributed by atoms with Crippen LogP contribution in [0.15, 0.2) is 6.07 Å². The molecule has 1 rings (SSSR count). The summed E-state index contributed by atoms with van der Waals surface area (Å²) in [7, 11) is 0. The van der Waals surface area contributed by atoms with Crippen LogP contribution in [0.4, 0.5) is 0 Å². The summed E-state index contributed by atoms with van der Waals surface area (Å²) in [6.07, 6.45) is 0. The molecule has 4 nitrogen and oxygen atoms in total. The predicted octanol–water partition coefficient (Wildman–Crippen LogP) is 2.86. The van der Waals surface area contributed by atoms with Crippen LogP contribution in [0.3, 0.4) is 0 Å². The van der Waals surface area contributed by atoms with Crippen LogP contribution in [0.1, 0.15) is 37.6 Å². The van der Waals surface area contributed by atoms with E-state index >= 15 is 0 Å². The topological polar surface area (TPSA) is 43.4 Å². The van der Waals surface area contributed by atoms with Crippen LogP contribution in [-0.2, 0) is 11.3 Å². The third-order valence-electron chi connectivity index (χ3n) is 2.96. The van der Waals surface area contributed by atoms with E-state index in [1.807, 2.05) is 13.8 Å². The van der Waals surface area contributed by atoms with Gasteiger partial charge in [0.05, 0.1) is 6.61 Å². The molecule has 1 aromatic heterocycles. The van der Waals surface area contributed by atoms with Gasteiger partial charge in [-0.1, -0.05) is 13.8 Å². The van der Waals surface area contributed by atoms with Gasteiger partial charge in [0.15, 0.2) is 0 Å². The van der Waals surface area contributed by atoms with Crippen molar-refractivity contribution in [3.63, 3.8) is 0 Å². The highest BCUT2D eigenvalue weighted by atomic mass is 16.5. The molecule has 0 saturated carbocycles. The molecule has 20 heavy (non-hydrogen) atoms. The smallest absolute Gasteiger partial charge is 0.218 e. The molecule has 0 aliphatic heterocycles. The lowest BCUT2D eigenvalue weighted by Gasteiger charge is -2.15. The standard InChI is InChI=1S/C16H28N2O2/c1-6-19-7-8-20-16-15(11-17-10-12(2)3)13(4)9-14(5)18-16/h9,12,17H,6-8,10-11H2,1-5H3. The zero-order valence-electron chi connectivity index (χ0n) is 13.5. The van der Waals surface area contributed by atoms with Crippen LogP contribution >= 0.6 is 0 Å². The Labute approximate surface area is 122 Å². The van der Waals surface area contributed by atoms with Gasteiger partial charge in [0.25, 0.3) is 0 Å². The Kier molecular flexibility index (Phi) is 7.55. The van der Waals surface area contributed by atoms with E-state index < -0.39 is 0 Å². The minimum atomic E-state index is 0.543. The maximum atomic E-state index is 5.78. The predicted molar refractivity (Wildman–Crippen MR) is 82.2 cm³/mol. The van der Waals surface area contributed by atoms with Crippen molar-refractivity contribution >= 4 is 0 Å². The second-order valence-corrected chi connectivity index (χ2v) is 5.43. The van der Waals surface area contributed by atoms with E-state index in [4.69, 9.17) is 9.47 Å². The number of hydrogen-bond donors (Lipinski definition) is 1. The average Bonchev–Trinajstić information content (AvgIpc) is 2.37. The van der Waals surface area contributed by atoms with Gasteiger partial charge in [-0.25, -0.2) is 4.98 Å². The van der Waals surface area contributed by atoms with Crippen molar-refractivity contribution < 1.29 is 9.47 Å². The SMILES string of the molecule is CCOCCOc1nc(C)cc(C)c1CNCC(C)C. The Morgan fingerprint density at radius 3 is 2.65 bits per heavy atom. The Hall–Kier alpha value is -1.13. The first-order valence-electron chi connectivity index (χ1n) is 7.43. The second kappa shape index (κ2) is 8.93. The van der Waals surface area contributed by atoms with E-state index in [-0.39, 0.29) is 0 Å². The molecule has 0 fully saturated rings. The van der Waals surface area contributed by atoms with Crippen LogP contribution < -0.4 is 10.1 Å². The van der Waals surface area contributed by atoms with Crippen molar-refractivity contribution in [2.75, 3.05) is 26.4 Å². The highest BCUT2D eigenvalue weighted by Gasteiger charge is 2.10. The van der Waals surface area contributed by atoms with Crippen LogP contribution in [0.2, 0.25) is 0 Å². The normalized spacial score (nSPS) is 11.1. The van der Waals surface area contributed by atoms with Gasteiger partial charge in [0.2, 0.25) is 5.88 Å². The highest BCUT2D eigenvalue weighted by molar-refractivity contribution is 5.35. The van der Waals surface area contributed by atoms with Gasteiger partial charge < -0.3 is 14.8 Å². The van der Waals surface area contributed by atoms with E-state index in [2.05, 4.69) is 37.1 Å². The van der Waals surface area contributed by atoms with Crippen LogP contribution in [0.5, 0.6) is 5.88 Å². The minimum absolute atomic E-state index is 0.543. The van der Waals surface area contributed by atoms with E-state index in [9.17, 15) is 0 Å². The van der Waals surface area contributed by atoms with E-state index in [1.54, 1.807) is 0 Å². The zero-order chi connectivity index (χ0) is 15.0. The summed E-state index contributed by atoms with van der Waals surface area (Å²) in [6.45, 7) is 14.1. The monoisotopic (exact) mass is 280 g/mol. The summed E-state index contributed by atoms with van der Waals surface area (Å²) < 4.78 is 11.1. The maximum Gasteiger partial charge on any atom is 0.218 e. The number of rotatable bonds is 9. The quantitative estimate of drug-likeness (QED) is 0.706. The van der Waals surface area contributed by atoms with Gasteiger partial charge in [-0.2, -0.15) is 0 Å². The molecule has 0 aliphatic carbocycles. The largest absolute Gasteiger partial charge is 0.475 e. The lowest BCUT2D eigenvalue weighted by atomic mass is 10.1. The molecule has 0 radical (unpaired) electrons. The minimum Gasteiger partial charge on any atom is -0.475 e. The fraction of sp³-hybridized carbons (Fsp3) is 0.688. The first kappa shape index (κ1) is 16.9. The third kappa shape index (κ3) is 5.88. The molecule has 0 unspecified atom stereocenters. The molecular weight excluding hydrogens is 252 g/mol. The van der Waals surface area contributed by atoms with Crippen LogP contribution in [0.25, 0.3) is 0 Å². The number of nitrogens with one attached hydrogen (secondary N) is 1. The molecule has 0 spiro atoms. The van der Waals surface area contributed by atoms with Gasteiger partial charge in [-0.3, -0.25) is 0 Å². The van der Waals surface area contributed by atoms with Gasteiger partial charge >= 0.3 is 0 Å². The number of aryl methyl sites for hydroxylation is 2. The summed E-state index contributed by atoms with van der Waals surface area (Å²) in [5.74, 6) is 1.37. The average molecular weight is 280 g/mol. The van der Waals surface area contributed by atoms with Crippen molar-refractivity contribution in [2.24, 2.45) is 5.92 Å². The first-order valence-corrected chi connectivity index (χ1v) is 7.43. The molecule has 1 N–H and O–H groups in total. The summed E-state index contributed by atoms with van der Waals surface area (Å²) >= 11 is 0. The molecule has 0 saturated heterocycles. The van der Waals surface area contributed by atoms with Crippen molar-refractivity contribution in [3.05, 3.63) is 22.9 Å². The van der Waals surface area contributed by atoms with E-state index in [1.165, 1.54) is 5.56 Å². The number of aromatic nitrogens is 1. The summed E-state index contributed by atoms with van der Waals surface area (Å²) in [6, 6.07) is 2.10. The number of ether oxygens (including phenoxy) is 2. The lowest BCUT2D eigenvalue weighted by Crippen LogP contribution is -2.21. The van der Waals surface area contributed by atoms with Crippen molar-refractivity contribution in [1.29, 1.82) is 0 Å². The van der Waals surface area contributed by atoms with Gasteiger partial charge in [-0.15, -0.1) is 0 Å². The molecule has 0 amide bonds. The molecule has 0 aliphatic rings. The summed E-state index contributed by atoms with van der Waals surface area (Å²) in [5.41, 5.74) is 3.36. The Morgan fingerprint density at radius 2 is 2.00 bits per heavy atom. The molecule has 1 aromatic rings. The summed E-state index contributed by atoms with van der Waals surface area (Å²) in [4.78, 5) is 4.51. The van der Waals surface area contributed by atoms with Gasteiger partial charge in [-0.05, 0) is 44.9 Å². The van der Waals surface area contributed by atoms with E-state index in [0.717, 1.165) is 30.2 Å². The number of hydrogen-bond acceptors (Lipinski definition) is 4. The van der Waals surface area contributed by atoms with Gasteiger partial charge in [0.1, 0.15) is 6.61 Å². The van der Waals surface area contributed by atoms with E-state index in [0.29, 0.717) is 25.7 Å². The van der Waals surface area contributed by atoms with Crippen LogP contribution in [-0.4, -0.2) is 31.3 Å². The second-order valence-electron chi connectivity index (χ2n) is 5.43. The fourth-order valence-electron chi connectivity index (χ4n) is 1.99. The van der Waals surface area contributed by atoms with Crippen molar-refractivity contribution in [1.82, 2.24) is 10.3 Å². The maximum absolute atomic E-state index is 5.78. The number of pyridine rings is 1. The number of nitrogens with zero attached hydrogens (tertiary/aromatic N) is 1. The zero-order valence-corrected chi connectivity index (χ0v) is 13.5. The Bertz CT molecular complexity index is 406. The molecule has 0 bridgehead atoms. The Balaban J connectivity index is 2.68. The Morgan fingerprint density at radius 1 is 1.25 bits per heavy atom. The fourth-order valence-corrected chi connectivity index (χ4v) is 1.99. The lowest BCUT2D eigenvalue weighted by molar-refractivity contribution is 0.108. The molecule has 0 atom stereocenters. The molecule has 4 heteroatoms. The van der Waals surface area contributed by atoms with Gasteiger partial charge in [0, 0.05) is 24.4 Å². The molecule has 1 heterocycles. The van der Waals surface area contributed by atoms with Crippen LogP contribution in [0, 0.1) is 19.8 Å². The van der Waals surface area contributed by atoms with Crippen molar-refractivity contribution in [3.8, 4) is 5.88 Å². The molecular formula is C16H28N2O2. The molecule has 114 valence electrons.